The molecule has 1 amide bonds. The van der Waals surface area contributed by atoms with Crippen molar-refractivity contribution >= 4 is 13.7 Å². The summed E-state index contributed by atoms with van der Waals surface area (Å²) < 4.78 is 23.7. The number of rotatable bonds is 56. The molecule has 0 aromatic rings. The van der Waals surface area contributed by atoms with Gasteiger partial charge in [-0.2, -0.15) is 0 Å². The molecule has 0 spiro atoms. The van der Waals surface area contributed by atoms with Gasteiger partial charge in [-0.1, -0.05) is 272 Å². The first-order valence-corrected chi connectivity index (χ1v) is 32.6. The zero-order valence-electron chi connectivity index (χ0n) is 49.5. The maximum absolute atomic E-state index is 13.0. The first kappa shape index (κ1) is 72.4. The van der Waals surface area contributed by atoms with Crippen molar-refractivity contribution < 1.29 is 32.9 Å². The van der Waals surface area contributed by atoms with Crippen molar-refractivity contribution in [3.8, 4) is 0 Å². The number of carbonyl (C=O) groups excluding carboxylic acids is 1. The quantitative estimate of drug-likeness (QED) is 0.0243. The smallest absolute Gasteiger partial charge is 0.387 e. The summed E-state index contributed by atoms with van der Waals surface area (Å²) in [4.78, 5) is 23.3. The van der Waals surface area contributed by atoms with Crippen LogP contribution in [0.1, 0.15) is 264 Å². The lowest BCUT2D eigenvalue weighted by Gasteiger charge is -2.25. The highest BCUT2D eigenvalue weighted by Gasteiger charge is 2.27. The number of phosphoric acid groups is 1. The Morgan fingerprint density at radius 3 is 1.23 bits per heavy atom. The lowest BCUT2D eigenvalue weighted by Crippen LogP contribution is -2.45. The summed E-state index contributed by atoms with van der Waals surface area (Å²) in [5.41, 5.74) is 0. The highest BCUT2D eigenvalue weighted by atomic mass is 31.2. The largest absolute Gasteiger partial charge is 0.472 e. The summed E-state index contributed by atoms with van der Waals surface area (Å²) in [7, 11) is 1.53. The minimum absolute atomic E-state index is 0.0480. The molecule has 434 valence electrons. The number of aliphatic hydroxyl groups excluding tert-OH is 1. The summed E-state index contributed by atoms with van der Waals surface area (Å²) >= 11 is 0. The van der Waals surface area contributed by atoms with Crippen LogP contribution in [-0.2, 0) is 18.4 Å². The van der Waals surface area contributed by atoms with Crippen molar-refractivity contribution in [3.63, 3.8) is 0 Å². The average molecular weight is 1070 g/mol. The van der Waals surface area contributed by atoms with Crippen LogP contribution in [-0.4, -0.2) is 73.4 Å². The van der Waals surface area contributed by atoms with Gasteiger partial charge in [0.05, 0.1) is 39.9 Å². The summed E-state index contributed by atoms with van der Waals surface area (Å²) in [5.74, 6) is -0.203. The number of unbranched alkanes of at least 4 members (excludes halogenated alkanes) is 29. The van der Waals surface area contributed by atoms with Crippen LogP contribution in [0.4, 0.5) is 0 Å². The van der Waals surface area contributed by atoms with Crippen molar-refractivity contribution in [3.05, 3.63) is 97.2 Å². The third kappa shape index (κ3) is 58.9. The molecule has 0 bridgehead atoms. The lowest BCUT2D eigenvalue weighted by atomic mass is 10.0. The van der Waals surface area contributed by atoms with Crippen LogP contribution in [0.3, 0.4) is 0 Å². The van der Waals surface area contributed by atoms with E-state index in [0.29, 0.717) is 17.4 Å². The number of hydrogen-bond acceptors (Lipinski definition) is 5. The van der Waals surface area contributed by atoms with Gasteiger partial charge >= 0.3 is 7.82 Å². The number of allylic oxidation sites excluding steroid dienone is 15. The maximum Gasteiger partial charge on any atom is 0.472 e. The highest BCUT2D eigenvalue weighted by Crippen LogP contribution is 2.43. The summed E-state index contributed by atoms with van der Waals surface area (Å²) in [5, 5.41) is 13.9. The number of hydrogen-bond donors (Lipinski definition) is 3. The highest BCUT2D eigenvalue weighted by molar-refractivity contribution is 7.47. The topological polar surface area (TPSA) is 105 Å². The SMILES string of the molecule is CC/C=C\C/C=C\C/C=C\C/C=C\C/C=C\C/C=C\CCCCCCCCC(=O)NC(COP(=O)(O)OCC[N+](C)(C)C)C(O)/C=C/CC/C=C/CCCCCCCCCCCCCCCCCCCCCCCC. The second kappa shape index (κ2) is 56.2. The number of aliphatic hydroxyl groups is 1. The molecule has 0 aliphatic carbocycles. The van der Waals surface area contributed by atoms with Gasteiger partial charge in [0, 0.05) is 6.42 Å². The minimum Gasteiger partial charge on any atom is -0.387 e. The average Bonchev–Trinajstić information content (AvgIpc) is 3.37. The minimum atomic E-state index is -4.37. The van der Waals surface area contributed by atoms with Gasteiger partial charge in [-0.15, -0.1) is 0 Å². The molecule has 8 nitrogen and oxygen atoms in total. The Balaban J connectivity index is 4.26. The van der Waals surface area contributed by atoms with E-state index in [0.717, 1.165) is 89.9 Å². The normalized spacial score (nSPS) is 14.5. The van der Waals surface area contributed by atoms with E-state index in [1.54, 1.807) is 6.08 Å². The van der Waals surface area contributed by atoms with Crippen molar-refractivity contribution in [1.29, 1.82) is 0 Å². The number of carbonyl (C=O) groups is 1. The molecule has 3 N–H and O–H groups in total. The van der Waals surface area contributed by atoms with Gasteiger partial charge in [0.2, 0.25) is 5.91 Å². The van der Waals surface area contributed by atoms with E-state index in [9.17, 15) is 19.4 Å². The molecule has 0 aromatic carbocycles. The molecule has 0 rings (SSSR count). The Labute approximate surface area is 464 Å². The molecule has 0 heterocycles. The molecular formula is C66H120N2O6P+. The van der Waals surface area contributed by atoms with Crippen LogP contribution in [0.5, 0.6) is 0 Å². The fourth-order valence-electron chi connectivity index (χ4n) is 8.71. The molecule has 75 heavy (non-hydrogen) atoms. The molecule has 0 saturated carbocycles. The van der Waals surface area contributed by atoms with Gasteiger partial charge in [-0.25, -0.2) is 4.57 Å². The van der Waals surface area contributed by atoms with Gasteiger partial charge in [0.15, 0.2) is 0 Å². The van der Waals surface area contributed by atoms with E-state index in [1.165, 1.54) is 154 Å². The van der Waals surface area contributed by atoms with E-state index in [1.807, 2.05) is 27.2 Å². The molecule has 0 aromatic heterocycles. The van der Waals surface area contributed by atoms with E-state index >= 15 is 0 Å². The van der Waals surface area contributed by atoms with E-state index in [4.69, 9.17) is 9.05 Å². The van der Waals surface area contributed by atoms with Crippen LogP contribution in [0, 0.1) is 0 Å². The predicted molar refractivity (Wildman–Crippen MR) is 327 cm³/mol. The number of likely N-dealkylation sites (N-methyl/N-ethyl adjacent to an activating group) is 1. The number of nitrogens with zero attached hydrogens (tertiary/aromatic N) is 1. The number of amides is 1. The molecule has 3 atom stereocenters. The second-order valence-corrected chi connectivity index (χ2v) is 23.5. The van der Waals surface area contributed by atoms with E-state index in [-0.39, 0.29) is 19.1 Å². The summed E-state index contributed by atoms with van der Waals surface area (Å²) in [6.45, 7) is 4.68. The van der Waals surface area contributed by atoms with E-state index in [2.05, 4.69) is 104 Å². The van der Waals surface area contributed by atoms with Gasteiger partial charge in [0.25, 0.3) is 0 Å². The fourth-order valence-corrected chi connectivity index (χ4v) is 9.45. The van der Waals surface area contributed by atoms with Crippen molar-refractivity contribution in [2.75, 3.05) is 40.9 Å². The first-order chi connectivity index (χ1) is 36.5. The number of phosphoric ester groups is 1. The third-order valence-electron chi connectivity index (χ3n) is 13.5. The Morgan fingerprint density at radius 2 is 0.813 bits per heavy atom. The Hall–Kier alpha value is -2.58. The molecule has 0 aliphatic heterocycles. The third-order valence-corrected chi connectivity index (χ3v) is 14.5. The fraction of sp³-hybridized carbons (Fsp3) is 0.742. The molecule has 3 unspecified atom stereocenters. The molecule has 0 radical (unpaired) electrons. The van der Waals surface area contributed by atoms with Crippen molar-refractivity contribution in [2.24, 2.45) is 0 Å². The Morgan fingerprint density at radius 1 is 0.467 bits per heavy atom. The van der Waals surface area contributed by atoms with Crippen molar-refractivity contribution in [1.82, 2.24) is 5.32 Å². The van der Waals surface area contributed by atoms with Crippen LogP contribution < -0.4 is 5.32 Å². The molecule has 0 aliphatic rings. The van der Waals surface area contributed by atoms with Crippen LogP contribution >= 0.6 is 7.82 Å². The Bertz CT molecular complexity index is 1540. The van der Waals surface area contributed by atoms with Crippen molar-refractivity contribution in [2.45, 2.75) is 276 Å². The summed E-state index contributed by atoms with van der Waals surface area (Å²) in [6, 6.07) is -0.880. The van der Waals surface area contributed by atoms with Gasteiger partial charge in [-0.05, 0) is 83.5 Å². The second-order valence-electron chi connectivity index (χ2n) is 22.0. The lowest BCUT2D eigenvalue weighted by molar-refractivity contribution is -0.870. The molecule has 0 fully saturated rings. The monoisotopic (exact) mass is 1070 g/mol. The van der Waals surface area contributed by atoms with Crippen LogP contribution in [0.2, 0.25) is 0 Å². The Kier molecular flexibility index (Phi) is 54.2. The predicted octanol–water partition coefficient (Wildman–Crippen LogP) is 19.4. The molecule has 9 heteroatoms. The zero-order chi connectivity index (χ0) is 54.9. The zero-order valence-corrected chi connectivity index (χ0v) is 50.4. The van der Waals surface area contributed by atoms with Crippen LogP contribution in [0.25, 0.3) is 0 Å². The van der Waals surface area contributed by atoms with E-state index < -0.39 is 20.0 Å². The molecular weight excluding hydrogens is 948 g/mol. The van der Waals surface area contributed by atoms with Gasteiger partial charge in [0.1, 0.15) is 13.2 Å². The van der Waals surface area contributed by atoms with Gasteiger partial charge < -0.3 is 19.8 Å². The summed E-state index contributed by atoms with van der Waals surface area (Å²) in [6.07, 6.45) is 81.0. The number of nitrogens with one attached hydrogen (secondary N) is 1. The van der Waals surface area contributed by atoms with Gasteiger partial charge in [-0.3, -0.25) is 13.8 Å². The van der Waals surface area contributed by atoms with Crippen LogP contribution in [0.15, 0.2) is 97.2 Å². The first-order valence-electron chi connectivity index (χ1n) is 31.1. The standard InChI is InChI=1S/C66H119N2O6P/c1-6-8-10-12-14-16-18-20-22-24-26-28-30-32-33-34-36-37-39-41-43-45-47-49-51-53-55-57-59-65(69)64(63-74-75(71,72)73-62-61-68(3,4)5)67-66(70)60-58-56-54-52-50-48-46-44-42-40-38-35-31-29-27-25-23-21-19-17-15-13-11-9-7-2/h9,11,15,17,21,23,27,29,35,38,42,44,49,51,57,59,64-65,69H,6-8,10,12-14,16,18-20,22,24-26,28,30-34,36-37,39-41,43,45-48,50,52-56,58,60-63H2,1-5H3,(H-,67,70,71,72)/p+1/b11-9-,17-15-,23-21-,29-27-,38-35-,44-42-,51-49+,59-57+. The molecule has 0 saturated heterocycles. The number of quaternary nitrogens is 1. The maximum atomic E-state index is 13.0.